The molecule has 5 nitrogen and oxygen atoms in total. The third-order valence-electron chi connectivity index (χ3n) is 4.33. The molecule has 3 aromatic rings. The summed E-state index contributed by atoms with van der Waals surface area (Å²) < 4.78 is 5.80. The minimum atomic E-state index is 0.612. The lowest BCUT2D eigenvalue weighted by atomic mass is 10.2. The molecule has 1 aliphatic rings. The van der Waals surface area contributed by atoms with Gasteiger partial charge in [-0.05, 0) is 30.7 Å². The van der Waals surface area contributed by atoms with E-state index in [-0.39, 0.29) is 0 Å². The molecule has 0 aliphatic carbocycles. The monoisotopic (exact) mass is 358 g/mol. The summed E-state index contributed by atoms with van der Waals surface area (Å²) in [5, 5.41) is 3.27. The summed E-state index contributed by atoms with van der Waals surface area (Å²) in [5.41, 5.74) is 2.02. The second-order valence-corrected chi connectivity index (χ2v) is 6.33. The van der Waals surface area contributed by atoms with Crippen LogP contribution in [-0.4, -0.2) is 29.7 Å². The molecule has 5 heteroatoms. The Morgan fingerprint density at radius 3 is 2.59 bits per heavy atom. The molecule has 2 heterocycles. The Morgan fingerprint density at radius 2 is 1.78 bits per heavy atom. The largest absolute Gasteiger partial charge is 0.494 e. The van der Waals surface area contributed by atoms with Gasteiger partial charge in [0, 0.05) is 30.5 Å². The number of anilines is 3. The molecule has 27 heavy (non-hydrogen) atoms. The average Bonchev–Trinajstić information content (AvgIpc) is 2.73. The van der Waals surface area contributed by atoms with E-state index in [1.807, 2.05) is 66.9 Å². The van der Waals surface area contributed by atoms with Crippen LogP contribution in [0, 0.1) is 0 Å². The number of hydrogen-bond acceptors (Lipinski definition) is 5. The van der Waals surface area contributed by atoms with E-state index in [1.165, 1.54) is 0 Å². The number of rotatable bonds is 7. The van der Waals surface area contributed by atoms with E-state index in [0.29, 0.717) is 12.6 Å². The molecule has 0 fully saturated rings. The fraction of sp³-hybridized carbons (Fsp3) is 0.182. The van der Waals surface area contributed by atoms with Crippen LogP contribution in [0.5, 0.6) is 5.75 Å². The summed E-state index contributed by atoms with van der Waals surface area (Å²) >= 11 is 0. The molecule has 0 radical (unpaired) electrons. The summed E-state index contributed by atoms with van der Waals surface area (Å²) in [4.78, 5) is 11.4. The number of para-hydroxylation sites is 2. The first-order valence-electron chi connectivity index (χ1n) is 9.17. The fourth-order valence-corrected chi connectivity index (χ4v) is 3.02. The van der Waals surface area contributed by atoms with Gasteiger partial charge in [-0.1, -0.05) is 48.6 Å². The van der Waals surface area contributed by atoms with Crippen LogP contribution in [0.15, 0.2) is 72.9 Å². The van der Waals surface area contributed by atoms with Crippen LogP contribution in [0.1, 0.15) is 12.0 Å². The Labute approximate surface area is 159 Å². The van der Waals surface area contributed by atoms with Crippen LogP contribution in [0.2, 0.25) is 0 Å². The zero-order valence-corrected chi connectivity index (χ0v) is 15.1. The minimum Gasteiger partial charge on any atom is -0.494 e. The molecule has 0 spiro atoms. The zero-order chi connectivity index (χ0) is 18.3. The first kappa shape index (κ1) is 17.1. The molecule has 1 N–H and O–H groups in total. The van der Waals surface area contributed by atoms with Crippen LogP contribution < -0.4 is 15.0 Å². The Bertz CT molecular complexity index is 897. The van der Waals surface area contributed by atoms with Crippen LogP contribution in [-0.2, 0) is 0 Å². The number of fused-ring (bicyclic) bond motifs is 1. The van der Waals surface area contributed by atoms with E-state index >= 15 is 0 Å². The third-order valence-corrected chi connectivity index (χ3v) is 4.33. The van der Waals surface area contributed by atoms with Gasteiger partial charge >= 0.3 is 0 Å². The van der Waals surface area contributed by atoms with Gasteiger partial charge in [0.15, 0.2) is 0 Å². The second-order valence-electron chi connectivity index (χ2n) is 6.33. The molecule has 0 bridgehead atoms. The van der Waals surface area contributed by atoms with Crippen molar-refractivity contribution in [3.63, 3.8) is 0 Å². The van der Waals surface area contributed by atoms with E-state index in [0.717, 1.165) is 42.3 Å². The van der Waals surface area contributed by atoms with Crippen molar-refractivity contribution < 1.29 is 4.74 Å². The van der Waals surface area contributed by atoms with Gasteiger partial charge in [-0.15, -0.1) is 0 Å². The third kappa shape index (κ3) is 4.44. The highest BCUT2D eigenvalue weighted by Gasteiger charge is 2.16. The molecule has 0 amide bonds. The van der Waals surface area contributed by atoms with Crippen molar-refractivity contribution in [2.75, 3.05) is 29.9 Å². The van der Waals surface area contributed by atoms with E-state index in [9.17, 15) is 0 Å². The molecule has 2 aromatic carbocycles. The number of nitrogens with one attached hydrogen (secondary N) is 1. The van der Waals surface area contributed by atoms with Crippen molar-refractivity contribution in [1.29, 1.82) is 0 Å². The van der Waals surface area contributed by atoms with E-state index in [1.54, 1.807) is 0 Å². The number of benzene rings is 2. The SMILES string of the molecule is C1=Cc2cnc(Nc3ccccc3)nc2N(CCCOc2ccccc2)C1. The van der Waals surface area contributed by atoms with Gasteiger partial charge in [0.05, 0.1) is 6.61 Å². The smallest absolute Gasteiger partial charge is 0.229 e. The maximum absolute atomic E-state index is 5.80. The number of aromatic nitrogens is 2. The lowest BCUT2D eigenvalue weighted by molar-refractivity contribution is 0.312. The quantitative estimate of drug-likeness (QED) is 0.629. The first-order valence-corrected chi connectivity index (χ1v) is 9.17. The molecule has 1 aromatic heterocycles. The number of nitrogens with zero attached hydrogens (tertiary/aromatic N) is 3. The van der Waals surface area contributed by atoms with Crippen molar-refractivity contribution in [1.82, 2.24) is 9.97 Å². The normalized spacial score (nSPS) is 12.5. The van der Waals surface area contributed by atoms with Crippen molar-refractivity contribution in [2.45, 2.75) is 6.42 Å². The summed E-state index contributed by atoms with van der Waals surface area (Å²) in [6, 6.07) is 19.9. The van der Waals surface area contributed by atoms with E-state index in [2.05, 4.69) is 27.4 Å². The van der Waals surface area contributed by atoms with Crippen LogP contribution in [0.4, 0.5) is 17.5 Å². The molecule has 0 unspecified atom stereocenters. The van der Waals surface area contributed by atoms with Crippen LogP contribution in [0.3, 0.4) is 0 Å². The average molecular weight is 358 g/mol. The molecular weight excluding hydrogens is 336 g/mol. The summed E-state index contributed by atoms with van der Waals surface area (Å²) in [6.45, 7) is 2.41. The molecule has 136 valence electrons. The number of ether oxygens (including phenoxy) is 1. The van der Waals surface area contributed by atoms with Gasteiger partial charge in [-0.2, -0.15) is 4.98 Å². The van der Waals surface area contributed by atoms with E-state index < -0.39 is 0 Å². The topological polar surface area (TPSA) is 50.3 Å². The molecule has 0 saturated heterocycles. The van der Waals surface area contributed by atoms with Crippen molar-refractivity contribution in [2.24, 2.45) is 0 Å². The highest BCUT2D eigenvalue weighted by atomic mass is 16.5. The van der Waals surface area contributed by atoms with Crippen LogP contribution >= 0.6 is 0 Å². The van der Waals surface area contributed by atoms with Gasteiger partial charge in [-0.25, -0.2) is 4.98 Å². The molecular formula is C22H22N4O. The lowest BCUT2D eigenvalue weighted by Crippen LogP contribution is -2.29. The predicted octanol–water partition coefficient (Wildman–Crippen LogP) is 4.52. The first-order chi connectivity index (χ1) is 13.4. The van der Waals surface area contributed by atoms with Gasteiger partial charge in [0.25, 0.3) is 0 Å². The summed E-state index contributed by atoms with van der Waals surface area (Å²) in [7, 11) is 0. The summed E-state index contributed by atoms with van der Waals surface area (Å²) in [6.07, 6.45) is 7.02. The Hall–Kier alpha value is -3.34. The van der Waals surface area contributed by atoms with Gasteiger partial charge in [0.2, 0.25) is 5.95 Å². The highest BCUT2D eigenvalue weighted by molar-refractivity contribution is 5.69. The maximum Gasteiger partial charge on any atom is 0.229 e. The zero-order valence-electron chi connectivity index (χ0n) is 15.1. The van der Waals surface area contributed by atoms with Crippen molar-refractivity contribution in [3.05, 3.63) is 78.5 Å². The fourth-order valence-electron chi connectivity index (χ4n) is 3.02. The second kappa shape index (κ2) is 8.36. The minimum absolute atomic E-state index is 0.612. The summed E-state index contributed by atoms with van der Waals surface area (Å²) in [5.74, 6) is 2.49. The number of hydrogen-bond donors (Lipinski definition) is 1. The van der Waals surface area contributed by atoms with Crippen molar-refractivity contribution >= 4 is 23.5 Å². The van der Waals surface area contributed by atoms with Crippen molar-refractivity contribution in [3.8, 4) is 5.75 Å². The molecule has 1 aliphatic heterocycles. The molecule has 4 rings (SSSR count). The maximum atomic E-state index is 5.80. The Morgan fingerprint density at radius 1 is 1.00 bits per heavy atom. The predicted molar refractivity (Wildman–Crippen MR) is 110 cm³/mol. The standard InChI is InChI=1S/C22H22N4O/c1-3-10-19(11-4-1)24-22-23-17-18-9-7-14-26(21(18)25-22)15-8-16-27-20-12-5-2-6-13-20/h1-7,9-13,17H,8,14-16H2,(H,23,24,25). The van der Waals surface area contributed by atoms with Gasteiger partial charge in [-0.3, -0.25) is 0 Å². The van der Waals surface area contributed by atoms with Gasteiger partial charge < -0.3 is 15.0 Å². The molecule has 0 saturated carbocycles. The highest BCUT2D eigenvalue weighted by Crippen LogP contribution is 2.25. The lowest BCUT2D eigenvalue weighted by Gasteiger charge is -2.27. The Balaban J connectivity index is 1.39. The van der Waals surface area contributed by atoms with E-state index in [4.69, 9.17) is 9.72 Å². The molecule has 0 atom stereocenters. The Kier molecular flexibility index (Phi) is 5.29. The van der Waals surface area contributed by atoms with Crippen LogP contribution in [0.25, 0.3) is 6.08 Å². The van der Waals surface area contributed by atoms with Gasteiger partial charge in [0.1, 0.15) is 11.6 Å².